The third-order valence-electron chi connectivity index (χ3n) is 4.91. The van der Waals surface area contributed by atoms with E-state index < -0.39 is 5.97 Å². The summed E-state index contributed by atoms with van der Waals surface area (Å²) in [5.41, 5.74) is 2.11. The van der Waals surface area contributed by atoms with Crippen molar-refractivity contribution in [3.63, 3.8) is 0 Å². The molecular formula is C20H19N3O4S. The second kappa shape index (κ2) is 6.94. The van der Waals surface area contributed by atoms with Crippen LogP contribution in [0.3, 0.4) is 0 Å². The number of aromatic nitrogens is 2. The predicted molar refractivity (Wildman–Crippen MR) is 106 cm³/mol. The maximum Gasteiger partial charge on any atom is 0.376 e. The largest absolute Gasteiger partial charge is 0.460 e. The third kappa shape index (κ3) is 2.93. The number of nitrogens with one attached hydrogen (secondary N) is 1. The highest BCUT2D eigenvalue weighted by atomic mass is 32.1. The first-order valence-corrected chi connectivity index (χ1v) is 10.2. The van der Waals surface area contributed by atoms with Gasteiger partial charge in [0.2, 0.25) is 12.6 Å². The molecular weight excluding hydrogens is 378 g/mol. The van der Waals surface area contributed by atoms with Crippen molar-refractivity contribution in [1.29, 1.82) is 0 Å². The molecule has 0 bridgehead atoms. The number of carbonyl (C=O) groups excluding carboxylic acids is 1. The van der Waals surface area contributed by atoms with Gasteiger partial charge in [0.05, 0.1) is 12.0 Å². The van der Waals surface area contributed by atoms with Crippen molar-refractivity contribution >= 4 is 39.0 Å². The van der Waals surface area contributed by atoms with Crippen LogP contribution in [0.4, 0.5) is 11.5 Å². The molecule has 0 saturated carbocycles. The van der Waals surface area contributed by atoms with Gasteiger partial charge in [-0.25, -0.2) is 14.8 Å². The molecule has 8 heteroatoms. The lowest BCUT2D eigenvalue weighted by atomic mass is 9.97. The number of carbonyl (C=O) groups is 1. The molecule has 0 spiro atoms. The van der Waals surface area contributed by atoms with Crippen LogP contribution in [0.1, 0.15) is 40.8 Å². The van der Waals surface area contributed by atoms with Gasteiger partial charge in [-0.05, 0) is 50.3 Å². The average molecular weight is 397 g/mol. The molecule has 0 unspecified atom stereocenters. The Morgan fingerprint density at radius 2 is 2.07 bits per heavy atom. The van der Waals surface area contributed by atoms with Gasteiger partial charge in [-0.2, -0.15) is 0 Å². The van der Waals surface area contributed by atoms with Gasteiger partial charge < -0.3 is 19.5 Å². The summed E-state index contributed by atoms with van der Waals surface area (Å²) in [6, 6.07) is 5.64. The van der Waals surface area contributed by atoms with Crippen LogP contribution in [0, 0.1) is 0 Å². The molecule has 0 saturated heterocycles. The molecule has 5 rings (SSSR count). The van der Waals surface area contributed by atoms with Crippen molar-refractivity contribution in [1.82, 2.24) is 9.97 Å². The molecule has 2 aromatic heterocycles. The summed E-state index contributed by atoms with van der Waals surface area (Å²) in [6.45, 7) is 2.28. The van der Waals surface area contributed by atoms with Gasteiger partial charge >= 0.3 is 5.97 Å². The van der Waals surface area contributed by atoms with E-state index in [2.05, 4.69) is 15.3 Å². The lowest BCUT2D eigenvalue weighted by Crippen LogP contribution is -2.11. The Labute approximate surface area is 165 Å². The zero-order chi connectivity index (χ0) is 19.1. The highest BCUT2D eigenvalue weighted by Gasteiger charge is 2.24. The minimum absolute atomic E-state index is 0.0798. The Kier molecular flexibility index (Phi) is 4.27. The Morgan fingerprint density at radius 1 is 1.21 bits per heavy atom. The van der Waals surface area contributed by atoms with Crippen LogP contribution in [-0.4, -0.2) is 29.3 Å². The molecule has 0 atom stereocenters. The van der Waals surface area contributed by atoms with E-state index in [0.717, 1.165) is 40.9 Å². The number of rotatable bonds is 4. The molecule has 1 N–H and O–H groups in total. The number of ether oxygens (including phenoxy) is 3. The van der Waals surface area contributed by atoms with E-state index in [0.29, 0.717) is 11.6 Å². The van der Waals surface area contributed by atoms with Gasteiger partial charge in [-0.1, -0.05) is 0 Å². The summed E-state index contributed by atoms with van der Waals surface area (Å²) < 4.78 is 16.0. The summed E-state index contributed by atoms with van der Waals surface area (Å²) in [6.07, 6.45) is 4.40. The SMILES string of the molecule is CCOC(=O)c1nc(Nc2ccc3c(c2)OCO3)c2c3c(sc2n1)CCCC3. The fourth-order valence-electron chi connectivity index (χ4n) is 3.65. The van der Waals surface area contributed by atoms with Crippen LogP contribution < -0.4 is 14.8 Å². The number of hydrogen-bond acceptors (Lipinski definition) is 8. The Hall–Kier alpha value is -2.87. The van der Waals surface area contributed by atoms with Crippen molar-refractivity contribution in [3.8, 4) is 11.5 Å². The smallest absolute Gasteiger partial charge is 0.376 e. The van der Waals surface area contributed by atoms with Crippen molar-refractivity contribution in [2.45, 2.75) is 32.6 Å². The number of anilines is 2. The predicted octanol–water partition coefficient (Wildman–Crippen LogP) is 4.22. The first kappa shape index (κ1) is 17.2. The zero-order valence-corrected chi connectivity index (χ0v) is 16.2. The first-order chi connectivity index (χ1) is 13.7. The van der Waals surface area contributed by atoms with Gasteiger partial charge in [-0.15, -0.1) is 11.3 Å². The molecule has 0 amide bonds. The second-order valence-electron chi connectivity index (χ2n) is 6.70. The molecule has 1 aromatic carbocycles. The maximum absolute atomic E-state index is 12.3. The van der Waals surface area contributed by atoms with Crippen LogP contribution in [-0.2, 0) is 17.6 Å². The lowest BCUT2D eigenvalue weighted by Gasteiger charge is -2.13. The third-order valence-corrected chi connectivity index (χ3v) is 6.09. The van der Waals surface area contributed by atoms with Crippen molar-refractivity contribution in [3.05, 3.63) is 34.5 Å². The number of aryl methyl sites for hydroxylation is 2. The quantitative estimate of drug-likeness (QED) is 0.660. The van der Waals surface area contributed by atoms with Gasteiger partial charge in [0.1, 0.15) is 10.6 Å². The van der Waals surface area contributed by atoms with E-state index in [-0.39, 0.29) is 19.2 Å². The minimum atomic E-state index is -0.510. The molecule has 0 radical (unpaired) electrons. The number of thiophene rings is 1. The van der Waals surface area contributed by atoms with Crippen LogP contribution in [0.15, 0.2) is 18.2 Å². The van der Waals surface area contributed by atoms with E-state index in [4.69, 9.17) is 14.2 Å². The van der Waals surface area contributed by atoms with Gasteiger partial charge in [0, 0.05) is 16.6 Å². The fraction of sp³-hybridized carbons (Fsp3) is 0.350. The molecule has 2 aliphatic rings. The van der Waals surface area contributed by atoms with Crippen molar-refractivity contribution in [2.24, 2.45) is 0 Å². The molecule has 28 heavy (non-hydrogen) atoms. The summed E-state index contributed by atoms with van der Waals surface area (Å²) in [5, 5.41) is 4.37. The summed E-state index contributed by atoms with van der Waals surface area (Å²) in [4.78, 5) is 23.5. The van der Waals surface area contributed by atoms with E-state index in [1.54, 1.807) is 18.3 Å². The molecule has 0 fully saturated rings. The monoisotopic (exact) mass is 397 g/mol. The summed E-state index contributed by atoms with van der Waals surface area (Å²) in [7, 11) is 0. The summed E-state index contributed by atoms with van der Waals surface area (Å²) in [5.74, 6) is 1.61. The molecule has 7 nitrogen and oxygen atoms in total. The highest BCUT2D eigenvalue weighted by Crippen LogP contribution is 2.40. The van der Waals surface area contributed by atoms with Gasteiger partial charge in [0.25, 0.3) is 0 Å². The summed E-state index contributed by atoms with van der Waals surface area (Å²) >= 11 is 1.65. The molecule has 3 aromatic rings. The van der Waals surface area contributed by atoms with Crippen molar-refractivity contribution < 1.29 is 19.0 Å². The first-order valence-electron chi connectivity index (χ1n) is 9.39. The van der Waals surface area contributed by atoms with Crippen LogP contribution >= 0.6 is 11.3 Å². The van der Waals surface area contributed by atoms with Crippen LogP contribution in [0.2, 0.25) is 0 Å². The number of nitrogens with zero attached hydrogens (tertiary/aromatic N) is 2. The van der Waals surface area contributed by atoms with Crippen LogP contribution in [0.5, 0.6) is 11.5 Å². The Balaban J connectivity index is 1.62. The number of esters is 1. The Bertz CT molecular complexity index is 1080. The van der Waals surface area contributed by atoms with Gasteiger partial charge in [0.15, 0.2) is 11.5 Å². The minimum Gasteiger partial charge on any atom is -0.460 e. The van der Waals surface area contributed by atoms with Crippen molar-refractivity contribution in [2.75, 3.05) is 18.7 Å². The van der Waals surface area contributed by atoms with E-state index >= 15 is 0 Å². The fourth-order valence-corrected chi connectivity index (χ4v) is 4.91. The van der Waals surface area contributed by atoms with E-state index in [1.165, 1.54) is 16.9 Å². The van der Waals surface area contributed by atoms with E-state index in [9.17, 15) is 4.79 Å². The van der Waals surface area contributed by atoms with Crippen LogP contribution in [0.25, 0.3) is 10.2 Å². The standard InChI is InChI=1S/C20H19N3O4S/c1-2-25-20(24)18-22-17(21-11-7-8-13-14(9-11)27-10-26-13)16-12-5-3-4-6-15(12)28-19(16)23-18/h7-9H,2-6,10H2,1H3,(H,21,22,23). The van der Waals surface area contributed by atoms with Gasteiger partial charge in [-0.3, -0.25) is 0 Å². The molecule has 144 valence electrons. The Morgan fingerprint density at radius 3 is 2.96 bits per heavy atom. The molecule has 1 aliphatic heterocycles. The maximum atomic E-state index is 12.3. The molecule has 1 aliphatic carbocycles. The number of fused-ring (bicyclic) bond motifs is 4. The highest BCUT2D eigenvalue weighted by molar-refractivity contribution is 7.19. The molecule has 3 heterocycles. The van der Waals surface area contributed by atoms with E-state index in [1.807, 2.05) is 18.2 Å². The normalized spacial score (nSPS) is 14.8. The second-order valence-corrected chi connectivity index (χ2v) is 7.78. The topological polar surface area (TPSA) is 82.6 Å². The average Bonchev–Trinajstić information content (AvgIpc) is 3.31. The lowest BCUT2D eigenvalue weighted by molar-refractivity contribution is 0.0512. The number of hydrogen-bond donors (Lipinski definition) is 1. The number of benzene rings is 1. The zero-order valence-electron chi connectivity index (χ0n) is 15.4.